The molecular formula is C22H27N5O5. The molecule has 0 bridgehead atoms. The lowest BCUT2D eigenvalue weighted by atomic mass is 10.0. The second-order valence-corrected chi connectivity index (χ2v) is 8.39. The summed E-state index contributed by atoms with van der Waals surface area (Å²) in [5, 5.41) is 5.38. The molecule has 3 amide bonds. The molecule has 2 saturated heterocycles. The lowest BCUT2D eigenvalue weighted by molar-refractivity contribution is -0.256. The fraction of sp³-hybridized carbons (Fsp3) is 0.455. The molecule has 0 spiro atoms. The monoisotopic (exact) mass is 441 g/mol. The minimum atomic E-state index is -0.857. The van der Waals surface area contributed by atoms with E-state index in [1.807, 2.05) is 44.2 Å². The zero-order chi connectivity index (χ0) is 22.8. The minimum Gasteiger partial charge on any atom is -0.443 e. The van der Waals surface area contributed by atoms with Crippen LogP contribution in [-0.4, -0.2) is 63.0 Å². The van der Waals surface area contributed by atoms with E-state index in [9.17, 15) is 14.4 Å². The van der Waals surface area contributed by atoms with Crippen LogP contribution in [0.3, 0.4) is 0 Å². The van der Waals surface area contributed by atoms with Crippen LogP contribution in [0.25, 0.3) is 0 Å². The number of carbonyl (C=O) groups is 3. The summed E-state index contributed by atoms with van der Waals surface area (Å²) < 4.78 is 7.06. The molecule has 2 aliphatic rings. The van der Waals surface area contributed by atoms with Crippen LogP contribution in [0, 0.1) is 5.92 Å². The molecule has 170 valence electrons. The maximum Gasteiger partial charge on any atom is 0.436 e. The van der Waals surface area contributed by atoms with E-state index in [-0.39, 0.29) is 37.4 Å². The van der Waals surface area contributed by atoms with Gasteiger partial charge in [-0.25, -0.2) is 4.79 Å². The van der Waals surface area contributed by atoms with Crippen molar-refractivity contribution in [3.63, 3.8) is 0 Å². The molecular weight excluding hydrogens is 414 g/mol. The van der Waals surface area contributed by atoms with Gasteiger partial charge in [0.1, 0.15) is 13.2 Å². The average molecular weight is 441 g/mol. The van der Waals surface area contributed by atoms with Gasteiger partial charge in [-0.05, 0) is 17.9 Å². The standard InChI is InChI=1S/C22H27N5O5/c1-15(2)11-17-21(29)26-13-20(28)25(18-9-10-24(3)23-18)12-19(26)27(32-17)22(30)31-14-16-7-5-4-6-8-16/h4-10,15,17,19H,11-14H2,1-3H3/t17-,19?/m1/s1. The first-order valence-corrected chi connectivity index (χ1v) is 10.6. The second-order valence-electron chi connectivity index (χ2n) is 8.39. The lowest BCUT2D eigenvalue weighted by Crippen LogP contribution is -2.70. The SMILES string of the molecule is CC(C)C[C@H]1ON(C(=O)OCc2ccccc2)C2CN(c3ccn(C)n3)C(=O)CN2C1=O. The Hall–Kier alpha value is -3.40. The van der Waals surface area contributed by atoms with Gasteiger partial charge in [0.25, 0.3) is 5.91 Å². The predicted octanol–water partition coefficient (Wildman–Crippen LogP) is 1.92. The Balaban J connectivity index is 1.57. The van der Waals surface area contributed by atoms with Crippen LogP contribution in [0.2, 0.25) is 0 Å². The van der Waals surface area contributed by atoms with Crippen molar-refractivity contribution in [1.82, 2.24) is 19.7 Å². The molecule has 0 aliphatic carbocycles. The summed E-state index contributed by atoms with van der Waals surface area (Å²) in [6.07, 6.45) is -0.232. The Bertz CT molecular complexity index is 992. The minimum absolute atomic E-state index is 0.0381. The molecule has 10 heteroatoms. The van der Waals surface area contributed by atoms with Crippen LogP contribution < -0.4 is 4.90 Å². The van der Waals surface area contributed by atoms with E-state index in [1.165, 1.54) is 9.80 Å². The maximum atomic E-state index is 13.1. The first-order valence-electron chi connectivity index (χ1n) is 10.6. The van der Waals surface area contributed by atoms with E-state index < -0.39 is 18.4 Å². The third-order valence-electron chi connectivity index (χ3n) is 5.43. The summed E-state index contributed by atoms with van der Waals surface area (Å²) in [5.41, 5.74) is 0.832. The lowest BCUT2D eigenvalue weighted by Gasteiger charge is -2.48. The van der Waals surface area contributed by atoms with Gasteiger partial charge >= 0.3 is 6.09 Å². The van der Waals surface area contributed by atoms with Gasteiger partial charge in [0.05, 0.1) is 6.54 Å². The molecule has 2 atom stereocenters. The quantitative estimate of drug-likeness (QED) is 0.703. The maximum absolute atomic E-state index is 13.1. The molecule has 2 aliphatic heterocycles. The van der Waals surface area contributed by atoms with Crippen LogP contribution in [0.4, 0.5) is 10.6 Å². The number of rotatable bonds is 5. The normalized spacial score (nSPS) is 21.2. The molecule has 32 heavy (non-hydrogen) atoms. The van der Waals surface area contributed by atoms with Crippen molar-refractivity contribution in [2.45, 2.75) is 39.1 Å². The van der Waals surface area contributed by atoms with Gasteiger partial charge in [-0.15, -0.1) is 0 Å². The van der Waals surface area contributed by atoms with Gasteiger partial charge in [-0.2, -0.15) is 10.2 Å². The molecule has 3 heterocycles. The number of benzene rings is 1. The van der Waals surface area contributed by atoms with Gasteiger partial charge in [-0.1, -0.05) is 44.2 Å². The number of amides is 3. The molecule has 0 saturated carbocycles. The van der Waals surface area contributed by atoms with E-state index in [2.05, 4.69) is 5.10 Å². The second kappa shape index (κ2) is 8.99. The number of aryl methyl sites for hydroxylation is 1. The number of hydrogen-bond donors (Lipinski definition) is 0. The summed E-state index contributed by atoms with van der Waals surface area (Å²) in [5.74, 6) is 0.0423. The van der Waals surface area contributed by atoms with E-state index in [0.717, 1.165) is 10.6 Å². The number of anilines is 1. The highest BCUT2D eigenvalue weighted by molar-refractivity contribution is 5.98. The summed E-state index contributed by atoms with van der Waals surface area (Å²) >= 11 is 0. The van der Waals surface area contributed by atoms with Crippen molar-refractivity contribution >= 4 is 23.7 Å². The van der Waals surface area contributed by atoms with E-state index in [4.69, 9.17) is 9.57 Å². The Kier molecular flexibility index (Phi) is 6.13. The molecule has 2 fully saturated rings. The first kappa shape index (κ1) is 21.8. The number of nitrogens with zero attached hydrogens (tertiary/aromatic N) is 5. The highest BCUT2D eigenvalue weighted by Gasteiger charge is 2.49. The van der Waals surface area contributed by atoms with Gasteiger partial charge in [0, 0.05) is 19.3 Å². The topological polar surface area (TPSA) is 97.2 Å². The largest absolute Gasteiger partial charge is 0.443 e. The molecule has 1 aromatic heterocycles. The Morgan fingerprint density at radius 3 is 2.62 bits per heavy atom. The number of hydrogen-bond acceptors (Lipinski definition) is 6. The van der Waals surface area contributed by atoms with Crippen LogP contribution >= 0.6 is 0 Å². The van der Waals surface area contributed by atoms with E-state index in [1.54, 1.807) is 24.0 Å². The summed E-state index contributed by atoms with van der Waals surface area (Å²) in [7, 11) is 1.75. The molecule has 1 aromatic carbocycles. The highest BCUT2D eigenvalue weighted by atomic mass is 16.7. The molecule has 1 unspecified atom stereocenters. The van der Waals surface area contributed by atoms with Gasteiger partial charge in [-0.3, -0.25) is 24.0 Å². The Morgan fingerprint density at radius 2 is 1.97 bits per heavy atom. The molecule has 2 aromatic rings. The zero-order valence-electron chi connectivity index (χ0n) is 18.4. The van der Waals surface area contributed by atoms with Crippen molar-refractivity contribution in [3.8, 4) is 0 Å². The number of ether oxygens (including phenoxy) is 1. The fourth-order valence-electron chi connectivity index (χ4n) is 3.85. The van der Waals surface area contributed by atoms with Crippen molar-refractivity contribution in [3.05, 3.63) is 48.2 Å². The number of carbonyl (C=O) groups excluding carboxylic acids is 3. The third-order valence-corrected chi connectivity index (χ3v) is 5.43. The smallest absolute Gasteiger partial charge is 0.436 e. The molecule has 0 radical (unpaired) electrons. The molecule has 4 rings (SSSR count). The van der Waals surface area contributed by atoms with Crippen molar-refractivity contribution in [2.24, 2.45) is 13.0 Å². The summed E-state index contributed by atoms with van der Waals surface area (Å²) in [6.45, 7) is 3.87. The molecule has 10 nitrogen and oxygen atoms in total. The highest BCUT2D eigenvalue weighted by Crippen LogP contribution is 2.28. The van der Waals surface area contributed by atoms with Gasteiger partial charge in [0.15, 0.2) is 18.1 Å². The Morgan fingerprint density at radius 1 is 1.22 bits per heavy atom. The van der Waals surface area contributed by atoms with Crippen LogP contribution in [0.1, 0.15) is 25.8 Å². The van der Waals surface area contributed by atoms with E-state index >= 15 is 0 Å². The number of aromatic nitrogens is 2. The number of fused-ring (bicyclic) bond motifs is 1. The van der Waals surface area contributed by atoms with Crippen LogP contribution in [0.5, 0.6) is 0 Å². The zero-order valence-corrected chi connectivity index (χ0v) is 18.4. The van der Waals surface area contributed by atoms with Gasteiger partial charge in [0.2, 0.25) is 5.91 Å². The first-order chi connectivity index (χ1) is 15.3. The third kappa shape index (κ3) is 4.45. The summed E-state index contributed by atoms with van der Waals surface area (Å²) in [6, 6.07) is 11.0. The van der Waals surface area contributed by atoms with Crippen molar-refractivity contribution < 1.29 is 24.0 Å². The summed E-state index contributed by atoms with van der Waals surface area (Å²) in [4.78, 5) is 47.6. The predicted molar refractivity (Wildman–Crippen MR) is 114 cm³/mol. The van der Waals surface area contributed by atoms with Gasteiger partial charge < -0.3 is 9.64 Å². The van der Waals surface area contributed by atoms with Crippen molar-refractivity contribution in [1.29, 1.82) is 0 Å². The van der Waals surface area contributed by atoms with Crippen molar-refractivity contribution in [2.75, 3.05) is 18.0 Å². The van der Waals surface area contributed by atoms with Crippen LogP contribution in [0.15, 0.2) is 42.6 Å². The molecule has 0 N–H and O–H groups in total. The van der Waals surface area contributed by atoms with Crippen LogP contribution in [-0.2, 0) is 32.8 Å². The Labute approximate surface area is 186 Å². The average Bonchev–Trinajstić information content (AvgIpc) is 3.20. The van der Waals surface area contributed by atoms with E-state index in [0.29, 0.717) is 12.2 Å². The fourth-order valence-corrected chi connectivity index (χ4v) is 3.85. The number of piperazine rings is 1. The number of hydroxylamine groups is 2.